The Hall–Kier alpha value is -3.22. The van der Waals surface area contributed by atoms with E-state index in [0.29, 0.717) is 29.8 Å². The van der Waals surface area contributed by atoms with Gasteiger partial charge in [-0.2, -0.15) is 0 Å². The minimum atomic E-state index is -1.05. The lowest BCUT2D eigenvalue weighted by molar-refractivity contribution is -0.149. The standard InChI is InChI=1S/C22H20FNO5/c23-16-6-2-1-5-15(16)22(9-3-4-10-22)21(27)29-12-18(25)14-7-8-19-17(11-14)24-20(26)13-28-19/h1-2,5-8,11H,3-4,9-10,12-13H2,(H,24,26). The van der Waals surface area contributed by atoms with Crippen molar-refractivity contribution in [3.63, 3.8) is 0 Å². The average molecular weight is 397 g/mol. The lowest BCUT2D eigenvalue weighted by Gasteiger charge is -2.27. The van der Waals surface area contributed by atoms with Gasteiger partial charge in [0.25, 0.3) is 5.91 Å². The smallest absolute Gasteiger partial charge is 0.317 e. The number of carbonyl (C=O) groups is 3. The van der Waals surface area contributed by atoms with Crippen LogP contribution in [0.25, 0.3) is 0 Å². The van der Waals surface area contributed by atoms with E-state index in [1.807, 2.05) is 0 Å². The van der Waals surface area contributed by atoms with Gasteiger partial charge in [0.15, 0.2) is 19.0 Å². The predicted molar refractivity (Wildman–Crippen MR) is 102 cm³/mol. The number of rotatable bonds is 5. The number of nitrogens with one attached hydrogen (secondary N) is 1. The number of fused-ring (bicyclic) bond motifs is 1. The van der Waals surface area contributed by atoms with Crippen LogP contribution in [0.5, 0.6) is 5.75 Å². The summed E-state index contributed by atoms with van der Waals surface area (Å²) in [5.41, 5.74) is -0.0436. The molecule has 6 nitrogen and oxygen atoms in total. The van der Waals surface area contributed by atoms with Gasteiger partial charge in [0.1, 0.15) is 11.6 Å². The van der Waals surface area contributed by atoms with Crippen molar-refractivity contribution in [2.75, 3.05) is 18.5 Å². The summed E-state index contributed by atoms with van der Waals surface area (Å²) in [6.07, 6.45) is 2.57. The number of benzene rings is 2. The first-order valence-electron chi connectivity index (χ1n) is 9.52. The minimum Gasteiger partial charge on any atom is -0.482 e. The lowest BCUT2D eigenvalue weighted by atomic mass is 9.78. The molecular formula is C22H20FNO5. The van der Waals surface area contributed by atoms with Crippen molar-refractivity contribution in [2.45, 2.75) is 31.1 Å². The van der Waals surface area contributed by atoms with Crippen LogP contribution in [-0.2, 0) is 19.7 Å². The Morgan fingerprint density at radius 2 is 1.90 bits per heavy atom. The number of ketones is 1. The Balaban J connectivity index is 1.49. The van der Waals surface area contributed by atoms with Crippen molar-refractivity contribution in [2.24, 2.45) is 0 Å². The van der Waals surface area contributed by atoms with Gasteiger partial charge in [-0.05, 0) is 37.1 Å². The summed E-state index contributed by atoms with van der Waals surface area (Å²) in [6.45, 7) is -0.529. The molecule has 0 bridgehead atoms. The first-order chi connectivity index (χ1) is 14.0. The molecule has 0 aromatic heterocycles. The zero-order chi connectivity index (χ0) is 20.4. The molecule has 0 radical (unpaired) electrons. The van der Waals surface area contributed by atoms with E-state index in [0.717, 1.165) is 12.8 Å². The molecule has 1 N–H and O–H groups in total. The average Bonchev–Trinajstić information content (AvgIpc) is 3.22. The highest BCUT2D eigenvalue weighted by molar-refractivity contribution is 6.02. The molecule has 150 valence electrons. The molecule has 0 spiro atoms. The van der Waals surface area contributed by atoms with Gasteiger partial charge in [0.05, 0.1) is 11.1 Å². The fourth-order valence-electron chi connectivity index (χ4n) is 4.02. The molecule has 7 heteroatoms. The molecule has 2 aliphatic rings. The number of hydrogen-bond donors (Lipinski definition) is 1. The zero-order valence-electron chi connectivity index (χ0n) is 15.7. The van der Waals surface area contributed by atoms with Crippen LogP contribution < -0.4 is 10.1 Å². The van der Waals surface area contributed by atoms with E-state index >= 15 is 0 Å². The fraction of sp³-hybridized carbons (Fsp3) is 0.318. The third-order valence-corrected chi connectivity index (χ3v) is 5.51. The highest BCUT2D eigenvalue weighted by Gasteiger charge is 2.46. The van der Waals surface area contributed by atoms with Crippen molar-refractivity contribution in [1.29, 1.82) is 0 Å². The van der Waals surface area contributed by atoms with Gasteiger partial charge in [0.2, 0.25) is 0 Å². The van der Waals surface area contributed by atoms with Gasteiger partial charge in [-0.1, -0.05) is 31.0 Å². The summed E-state index contributed by atoms with van der Waals surface area (Å²) < 4.78 is 25.0. The van der Waals surface area contributed by atoms with Crippen molar-refractivity contribution in [1.82, 2.24) is 0 Å². The van der Waals surface area contributed by atoms with E-state index < -0.39 is 29.6 Å². The quantitative estimate of drug-likeness (QED) is 0.618. The number of carbonyl (C=O) groups excluding carboxylic acids is 3. The third-order valence-electron chi connectivity index (χ3n) is 5.51. The van der Waals surface area contributed by atoms with E-state index in [1.54, 1.807) is 30.3 Å². The number of halogens is 1. The van der Waals surface area contributed by atoms with Gasteiger partial charge in [0, 0.05) is 11.1 Å². The van der Waals surface area contributed by atoms with Crippen LogP contribution in [0.4, 0.5) is 10.1 Å². The Morgan fingerprint density at radius 3 is 2.66 bits per heavy atom. The van der Waals surface area contributed by atoms with Crippen LogP contribution in [0.3, 0.4) is 0 Å². The summed E-state index contributed by atoms with van der Waals surface area (Å²) >= 11 is 0. The summed E-state index contributed by atoms with van der Waals surface area (Å²) in [5.74, 6) is -1.27. The van der Waals surface area contributed by atoms with E-state index in [2.05, 4.69) is 5.32 Å². The Labute approximate surface area is 167 Å². The molecule has 1 fully saturated rings. The number of esters is 1. The second-order valence-electron chi connectivity index (χ2n) is 7.32. The SMILES string of the molecule is O=C1COc2ccc(C(=O)COC(=O)C3(c4ccccc4F)CCCC3)cc2N1. The maximum absolute atomic E-state index is 14.4. The number of anilines is 1. The molecule has 2 aromatic rings. The molecule has 1 aliphatic carbocycles. The molecule has 1 amide bonds. The largest absolute Gasteiger partial charge is 0.482 e. The van der Waals surface area contributed by atoms with Crippen molar-refractivity contribution in [3.05, 3.63) is 59.4 Å². The number of hydrogen-bond acceptors (Lipinski definition) is 5. The highest BCUT2D eigenvalue weighted by atomic mass is 19.1. The van der Waals surface area contributed by atoms with E-state index in [1.165, 1.54) is 12.1 Å². The van der Waals surface area contributed by atoms with Crippen molar-refractivity contribution in [3.8, 4) is 5.75 Å². The molecule has 4 rings (SSSR count). The minimum absolute atomic E-state index is 0.0734. The van der Waals surface area contributed by atoms with Crippen LogP contribution in [0, 0.1) is 5.82 Å². The first kappa shape index (κ1) is 19.1. The maximum atomic E-state index is 14.4. The number of ether oxygens (including phenoxy) is 2. The monoisotopic (exact) mass is 397 g/mol. The summed E-state index contributed by atoms with van der Waals surface area (Å²) in [5, 5.41) is 2.63. The predicted octanol–water partition coefficient (Wildman–Crippen LogP) is 3.39. The Kier molecular flexibility index (Phi) is 5.05. The molecular weight excluding hydrogens is 377 g/mol. The van der Waals surface area contributed by atoms with Crippen LogP contribution in [-0.4, -0.2) is 30.9 Å². The Morgan fingerprint density at radius 1 is 1.14 bits per heavy atom. The topological polar surface area (TPSA) is 81.7 Å². The van der Waals surface area contributed by atoms with E-state index in [4.69, 9.17) is 9.47 Å². The van der Waals surface area contributed by atoms with Gasteiger partial charge in [-0.25, -0.2) is 4.39 Å². The Bertz CT molecular complexity index is 981. The van der Waals surface area contributed by atoms with Gasteiger partial charge < -0.3 is 14.8 Å². The zero-order valence-corrected chi connectivity index (χ0v) is 15.7. The van der Waals surface area contributed by atoms with Gasteiger partial charge in [-0.15, -0.1) is 0 Å². The second-order valence-corrected chi connectivity index (χ2v) is 7.32. The van der Waals surface area contributed by atoms with Crippen molar-refractivity contribution < 1.29 is 28.2 Å². The maximum Gasteiger partial charge on any atom is 0.317 e. The summed E-state index contributed by atoms with van der Waals surface area (Å²) in [7, 11) is 0. The summed E-state index contributed by atoms with van der Waals surface area (Å²) in [4.78, 5) is 36.9. The van der Waals surface area contributed by atoms with Crippen LogP contribution in [0.1, 0.15) is 41.6 Å². The lowest BCUT2D eigenvalue weighted by Crippen LogP contribution is -2.36. The number of amides is 1. The van der Waals surface area contributed by atoms with Crippen LogP contribution >= 0.6 is 0 Å². The molecule has 29 heavy (non-hydrogen) atoms. The van der Waals surface area contributed by atoms with E-state index in [-0.39, 0.29) is 18.1 Å². The molecule has 1 heterocycles. The molecule has 1 aliphatic heterocycles. The molecule has 0 unspecified atom stereocenters. The van der Waals surface area contributed by atoms with Crippen LogP contribution in [0.2, 0.25) is 0 Å². The second kappa shape index (κ2) is 7.66. The molecule has 1 saturated carbocycles. The van der Waals surface area contributed by atoms with Gasteiger partial charge >= 0.3 is 5.97 Å². The highest BCUT2D eigenvalue weighted by Crippen LogP contribution is 2.43. The van der Waals surface area contributed by atoms with Gasteiger partial charge in [-0.3, -0.25) is 14.4 Å². The molecule has 0 saturated heterocycles. The fourth-order valence-corrected chi connectivity index (χ4v) is 4.02. The molecule has 0 atom stereocenters. The van der Waals surface area contributed by atoms with Crippen LogP contribution in [0.15, 0.2) is 42.5 Å². The van der Waals surface area contributed by atoms with E-state index in [9.17, 15) is 18.8 Å². The molecule has 2 aromatic carbocycles. The van der Waals surface area contributed by atoms with Crippen molar-refractivity contribution >= 4 is 23.3 Å². The number of Topliss-reactive ketones (excluding diaryl/α,β-unsaturated/α-hetero) is 1. The third kappa shape index (κ3) is 3.60. The summed E-state index contributed by atoms with van der Waals surface area (Å²) in [6, 6.07) is 10.8. The normalized spacial score (nSPS) is 17.1. The first-order valence-corrected chi connectivity index (χ1v) is 9.52.